The van der Waals surface area contributed by atoms with Crippen LogP contribution in [-0.4, -0.2) is 36.4 Å². The number of aryl methyl sites for hydroxylation is 2. The first-order valence-corrected chi connectivity index (χ1v) is 12.0. The van der Waals surface area contributed by atoms with Crippen molar-refractivity contribution in [3.63, 3.8) is 0 Å². The number of nitrogens with zero attached hydrogens (tertiary/aromatic N) is 2. The van der Waals surface area contributed by atoms with Crippen molar-refractivity contribution in [1.29, 1.82) is 0 Å². The quantitative estimate of drug-likeness (QED) is 0.457. The van der Waals surface area contributed by atoms with Gasteiger partial charge in [0.2, 0.25) is 0 Å². The molecule has 0 radical (unpaired) electrons. The van der Waals surface area contributed by atoms with Gasteiger partial charge in [0.15, 0.2) is 0 Å². The minimum absolute atomic E-state index is 0.0374. The summed E-state index contributed by atoms with van der Waals surface area (Å²) >= 11 is 3.31. The summed E-state index contributed by atoms with van der Waals surface area (Å²) in [6.45, 7) is 4.72. The van der Waals surface area contributed by atoms with Crippen molar-refractivity contribution < 1.29 is 4.79 Å². The van der Waals surface area contributed by atoms with Crippen LogP contribution in [0.1, 0.15) is 45.2 Å². The smallest absolute Gasteiger partial charge is 0.252 e. The molecule has 0 aliphatic carbocycles. The van der Waals surface area contributed by atoms with Gasteiger partial charge in [0, 0.05) is 22.6 Å². The number of thioether (sulfide) groups is 1. The van der Waals surface area contributed by atoms with Gasteiger partial charge in [0.05, 0.1) is 22.3 Å². The molecule has 1 unspecified atom stereocenters. The normalized spacial score (nSPS) is 12.2. The lowest BCUT2D eigenvalue weighted by Gasteiger charge is -2.25. The first kappa shape index (κ1) is 22.5. The molecular formula is C24H29N3OS2. The number of carbonyl (C=O) groups excluding carboxylic acids is 1. The first-order valence-electron chi connectivity index (χ1n) is 10.1. The molecule has 3 rings (SSSR count). The van der Waals surface area contributed by atoms with Crippen LogP contribution in [0.3, 0.4) is 0 Å². The predicted molar refractivity (Wildman–Crippen MR) is 127 cm³/mol. The third-order valence-corrected chi connectivity index (χ3v) is 6.96. The van der Waals surface area contributed by atoms with Crippen LogP contribution in [0, 0.1) is 6.92 Å². The fourth-order valence-corrected chi connectivity index (χ4v) is 4.93. The molecule has 1 heterocycles. The van der Waals surface area contributed by atoms with Crippen molar-refractivity contribution in [2.24, 2.45) is 0 Å². The number of thiazole rings is 1. The molecule has 0 bridgehead atoms. The second kappa shape index (κ2) is 10.8. The molecule has 0 spiro atoms. The van der Waals surface area contributed by atoms with Crippen LogP contribution in [0.15, 0.2) is 58.8 Å². The highest BCUT2D eigenvalue weighted by atomic mass is 32.2. The number of carbonyl (C=O) groups is 1. The van der Waals surface area contributed by atoms with Gasteiger partial charge in [-0.2, -0.15) is 0 Å². The van der Waals surface area contributed by atoms with E-state index in [9.17, 15) is 4.79 Å². The molecule has 0 saturated heterocycles. The Labute approximate surface area is 187 Å². The Morgan fingerprint density at radius 2 is 1.90 bits per heavy atom. The van der Waals surface area contributed by atoms with Gasteiger partial charge in [0.1, 0.15) is 0 Å². The van der Waals surface area contributed by atoms with Crippen molar-refractivity contribution in [1.82, 2.24) is 15.2 Å². The first-order chi connectivity index (χ1) is 14.5. The van der Waals surface area contributed by atoms with Gasteiger partial charge >= 0.3 is 0 Å². The molecule has 1 amide bonds. The molecule has 0 saturated carbocycles. The van der Waals surface area contributed by atoms with E-state index in [0.717, 1.165) is 27.8 Å². The number of hydrogen-bond donors (Lipinski definition) is 1. The minimum Gasteiger partial charge on any atom is -0.350 e. The van der Waals surface area contributed by atoms with Crippen LogP contribution in [0.2, 0.25) is 0 Å². The predicted octanol–water partition coefficient (Wildman–Crippen LogP) is 5.34. The highest BCUT2D eigenvalue weighted by Crippen LogP contribution is 2.27. The number of amides is 1. The maximum absolute atomic E-state index is 13.0. The maximum atomic E-state index is 13.0. The zero-order valence-corrected chi connectivity index (χ0v) is 19.6. The van der Waals surface area contributed by atoms with Crippen LogP contribution in [0.25, 0.3) is 0 Å². The van der Waals surface area contributed by atoms with E-state index in [1.165, 1.54) is 11.1 Å². The molecule has 4 nitrogen and oxygen atoms in total. The number of likely N-dealkylation sites (N-methyl/N-ethyl adjacent to an activating group) is 1. The zero-order valence-electron chi connectivity index (χ0n) is 18.0. The summed E-state index contributed by atoms with van der Waals surface area (Å²) in [6, 6.07) is 16.6. The molecule has 0 aliphatic rings. The van der Waals surface area contributed by atoms with Gasteiger partial charge < -0.3 is 10.2 Å². The van der Waals surface area contributed by atoms with Gasteiger partial charge in [-0.05, 0) is 50.7 Å². The molecule has 158 valence electrons. The Morgan fingerprint density at radius 1 is 1.17 bits per heavy atom. The fraction of sp³-hybridized carbons (Fsp3) is 0.333. The second-order valence-electron chi connectivity index (χ2n) is 7.43. The molecule has 1 N–H and O–H groups in total. The van der Waals surface area contributed by atoms with Crippen molar-refractivity contribution >= 4 is 29.0 Å². The largest absolute Gasteiger partial charge is 0.350 e. The van der Waals surface area contributed by atoms with Crippen molar-refractivity contribution in [2.45, 2.75) is 37.0 Å². The van der Waals surface area contributed by atoms with Crippen LogP contribution in [0.5, 0.6) is 0 Å². The van der Waals surface area contributed by atoms with E-state index in [4.69, 9.17) is 0 Å². The van der Waals surface area contributed by atoms with E-state index in [1.54, 1.807) is 23.1 Å². The van der Waals surface area contributed by atoms with Crippen LogP contribution in [-0.2, 0) is 12.2 Å². The van der Waals surface area contributed by atoms with Gasteiger partial charge in [-0.25, -0.2) is 4.98 Å². The SMILES string of the molecule is CCc1ccc(C(CNC(=O)c2ccccc2SCc2csc(C)n2)N(C)C)cc1. The summed E-state index contributed by atoms with van der Waals surface area (Å²) in [5.41, 5.74) is 4.30. The van der Waals surface area contributed by atoms with Gasteiger partial charge in [-0.3, -0.25) is 4.79 Å². The molecule has 0 aliphatic heterocycles. The van der Waals surface area contributed by atoms with E-state index in [0.29, 0.717) is 12.1 Å². The Balaban J connectivity index is 1.66. The summed E-state index contributed by atoms with van der Waals surface area (Å²) in [5.74, 6) is 0.725. The molecule has 30 heavy (non-hydrogen) atoms. The lowest BCUT2D eigenvalue weighted by molar-refractivity contribution is 0.0939. The molecule has 1 atom stereocenters. The average Bonchev–Trinajstić information content (AvgIpc) is 3.17. The standard InChI is InChI=1S/C24H29N3OS2/c1-5-18-10-12-19(13-11-18)22(27(3)4)14-25-24(28)21-8-6-7-9-23(21)30-16-20-15-29-17(2)26-20/h6-13,15,22H,5,14,16H2,1-4H3,(H,25,28). The van der Waals surface area contributed by atoms with Gasteiger partial charge in [-0.15, -0.1) is 23.1 Å². The fourth-order valence-electron chi connectivity index (χ4n) is 3.26. The molecule has 2 aromatic carbocycles. The van der Waals surface area contributed by atoms with Crippen LogP contribution >= 0.6 is 23.1 Å². The Hall–Kier alpha value is -2.15. The number of benzene rings is 2. The highest BCUT2D eigenvalue weighted by molar-refractivity contribution is 7.98. The van der Waals surface area contributed by atoms with E-state index in [2.05, 4.69) is 51.8 Å². The van der Waals surface area contributed by atoms with Crippen molar-refractivity contribution in [3.05, 3.63) is 81.3 Å². The second-order valence-corrected chi connectivity index (χ2v) is 9.51. The van der Waals surface area contributed by atoms with Crippen LogP contribution in [0.4, 0.5) is 0 Å². The molecule has 3 aromatic rings. The summed E-state index contributed by atoms with van der Waals surface area (Å²) in [5, 5.41) is 6.29. The number of rotatable bonds is 9. The number of aromatic nitrogens is 1. The monoisotopic (exact) mass is 439 g/mol. The van der Waals surface area contributed by atoms with Gasteiger partial charge in [-0.1, -0.05) is 43.3 Å². The number of hydrogen-bond acceptors (Lipinski definition) is 5. The molecule has 0 fully saturated rings. The topological polar surface area (TPSA) is 45.2 Å². The molecule has 6 heteroatoms. The third kappa shape index (κ3) is 5.94. The van der Waals surface area contributed by atoms with E-state index in [1.807, 2.05) is 45.3 Å². The summed E-state index contributed by atoms with van der Waals surface area (Å²) in [6.07, 6.45) is 1.03. The lowest BCUT2D eigenvalue weighted by atomic mass is 10.0. The van der Waals surface area contributed by atoms with E-state index in [-0.39, 0.29) is 11.9 Å². The molecule has 1 aromatic heterocycles. The molecular weight excluding hydrogens is 410 g/mol. The van der Waals surface area contributed by atoms with E-state index < -0.39 is 0 Å². The summed E-state index contributed by atoms with van der Waals surface area (Å²) < 4.78 is 0. The third-order valence-electron chi connectivity index (χ3n) is 5.03. The van der Waals surface area contributed by atoms with Crippen molar-refractivity contribution in [2.75, 3.05) is 20.6 Å². The Morgan fingerprint density at radius 3 is 2.53 bits per heavy atom. The summed E-state index contributed by atoms with van der Waals surface area (Å²) in [4.78, 5) is 20.6. The van der Waals surface area contributed by atoms with E-state index >= 15 is 0 Å². The van der Waals surface area contributed by atoms with Crippen LogP contribution < -0.4 is 5.32 Å². The van der Waals surface area contributed by atoms with Crippen molar-refractivity contribution in [3.8, 4) is 0 Å². The Bertz CT molecular complexity index is 967. The maximum Gasteiger partial charge on any atom is 0.252 e. The highest BCUT2D eigenvalue weighted by Gasteiger charge is 2.17. The number of nitrogens with one attached hydrogen (secondary N) is 1. The van der Waals surface area contributed by atoms with Gasteiger partial charge in [0.25, 0.3) is 5.91 Å². The lowest BCUT2D eigenvalue weighted by Crippen LogP contribution is -2.34. The zero-order chi connectivity index (χ0) is 21.5. The summed E-state index contributed by atoms with van der Waals surface area (Å²) in [7, 11) is 4.09. The Kier molecular flexibility index (Phi) is 8.08. The minimum atomic E-state index is -0.0374. The average molecular weight is 440 g/mol.